The highest BCUT2D eigenvalue weighted by molar-refractivity contribution is 4.82. The maximum Gasteiger partial charge on any atom is 0.403 e. The van der Waals surface area contributed by atoms with E-state index in [0.29, 0.717) is 0 Å². The lowest BCUT2D eigenvalue weighted by Crippen LogP contribution is -2.48. The maximum atomic E-state index is 12.3. The van der Waals surface area contributed by atoms with Gasteiger partial charge in [0.15, 0.2) is 0 Å². The topological polar surface area (TPSA) is 3.24 Å². The summed E-state index contributed by atoms with van der Waals surface area (Å²) in [5, 5.41) is 0. The van der Waals surface area contributed by atoms with Gasteiger partial charge in [-0.25, -0.2) is 0 Å². The minimum atomic E-state index is -4.37. The van der Waals surface area contributed by atoms with E-state index >= 15 is 0 Å². The van der Waals surface area contributed by atoms with Gasteiger partial charge in [-0.05, 0) is 32.9 Å². The summed E-state index contributed by atoms with van der Waals surface area (Å²) in [5.74, 6) is -1.45. The summed E-state index contributed by atoms with van der Waals surface area (Å²) < 4.78 is 73.7. The molecule has 0 aromatic heterocycles. The summed E-state index contributed by atoms with van der Waals surface area (Å²) in [5.41, 5.74) is 0. The quantitative estimate of drug-likeness (QED) is 0.645. The number of nitrogens with zero attached hydrogens (tertiary/aromatic N) is 1. The number of rotatable bonds is 1. The molecule has 1 saturated heterocycles. The smallest absolute Gasteiger partial charge is 0.292 e. The molecule has 0 aromatic carbocycles. The van der Waals surface area contributed by atoms with Crippen molar-refractivity contribution in [3.05, 3.63) is 0 Å². The summed E-state index contributed by atoms with van der Waals surface area (Å²) in [6.07, 6.45) is -9.15. The zero-order valence-corrected chi connectivity index (χ0v) is 8.70. The predicted octanol–water partition coefficient (Wildman–Crippen LogP) is 3.21. The Labute approximate surface area is 89.4 Å². The first-order valence-electron chi connectivity index (χ1n) is 5.00. The van der Waals surface area contributed by atoms with Crippen LogP contribution >= 0.6 is 0 Å². The monoisotopic (exact) mass is 249 g/mol. The van der Waals surface area contributed by atoms with E-state index in [1.165, 1.54) is 0 Å². The summed E-state index contributed by atoms with van der Waals surface area (Å²) in [7, 11) is 0. The fraction of sp³-hybridized carbons (Fsp3) is 1.00. The molecule has 0 aromatic rings. The molecule has 0 amide bonds. The van der Waals surface area contributed by atoms with E-state index in [2.05, 4.69) is 0 Å². The van der Waals surface area contributed by atoms with Gasteiger partial charge >= 0.3 is 12.4 Å². The first-order chi connectivity index (χ1) is 7.12. The van der Waals surface area contributed by atoms with E-state index in [0.717, 1.165) is 11.8 Å². The Kier molecular flexibility index (Phi) is 3.76. The molecule has 1 heterocycles. The van der Waals surface area contributed by atoms with Crippen LogP contribution in [0.1, 0.15) is 19.8 Å². The third kappa shape index (κ3) is 3.26. The summed E-state index contributed by atoms with van der Waals surface area (Å²) in [6, 6.07) is -1.67. The van der Waals surface area contributed by atoms with Crippen LogP contribution in [0.3, 0.4) is 0 Å². The van der Waals surface area contributed by atoms with Crippen molar-refractivity contribution in [3.8, 4) is 0 Å². The number of halogens is 6. The number of hydrogen-bond donors (Lipinski definition) is 0. The molecule has 0 aliphatic carbocycles. The highest BCUT2D eigenvalue weighted by Crippen LogP contribution is 2.36. The molecule has 1 aliphatic rings. The molecule has 1 rings (SSSR count). The zero-order valence-electron chi connectivity index (χ0n) is 8.70. The molecule has 16 heavy (non-hydrogen) atoms. The highest BCUT2D eigenvalue weighted by atomic mass is 19.4. The molecule has 0 radical (unpaired) electrons. The average molecular weight is 249 g/mol. The number of alkyl halides is 6. The molecular weight excluding hydrogens is 236 g/mol. The summed E-state index contributed by atoms with van der Waals surface area (Å²) in [6.45, 7) is 0.684. The van der Waals surface area contributed by atoms with Gasteiger partial charge in [0.2, 0.25) is 0 Å². The lowest BCUT2D eigenvalue weighted by Gasteiger charge is -2.37. The largest absolute Gasteiger partial charge is 0.403 e. The van der Waals surface area contributed by atoms with Crippen LogP contribution in [0.25, 0.3) is 0 Å². The van der Waals surface area contributed by atoms with Crippen molar-refractivity contribution in [2.75, 3.05) is 13.1 Å². The van der Waals surface area contributed by atoms with Crippen LogP contribution in [-0.2, 0) is 0 Å². The second-order valence-corrected chi connectivity index (χ2v) is 4.07. The third-order valence-corrected chi connectivity index (χ3v) is 3.01. The van der Waals surface area contributed by atoms with E-state index < -0.39 is 24.3 Å². The fourth-order valence-corrected chi connectivity index (χ4v) is 1.82. The van der Waals surface area contributed by atoms with Crippen LogP contribution < -0.4 is 0 Å². The molecule has 0 spiro atoms. The first-order valence-corrected chi connectivity index (χ1v) is 5.00. The van der Waals surface area contributed by atoms with Crippen LogP contribution in [-0.4, -0.2) is 36.4 Å². The number of piperidine rings is 1. The average Bonchev–Trinajstić information content (AvgIpc) is 2.14. The fourth-order valence-electron chi connectivity index (χ4n) is 1.82. The molecule has 0 saturated carbocycles. The Morgan fingerprint density at radius 3 is 1.75 bits per heavy atom. The van der Waals surface area contributed by atoms with Gasteiger partial charge in [-0.1, -0.05) is 0 Å². The summed E-state index contributed by atoms with van der Waals surface area (Å²) in [4.78, 5) is 1.06. The van der Waals surface area contributed by atoms with Crippen LogP contribution in [0.15, 0.2) is 0 Å². The Balaban J connectivity index is 2.50. The molecule has 1 nitrogen and oxygen atoms in total. The van der Waals surface area contributed by atoms with Crippen molar-refractivity contribution in [3.63, 3.8) is 0 Å². The van der Waals surface area contributed by atoms with Crippen molar-refractivity contribution in [2.45, 2.75) is 38.2 Å². The molecular formula is C9H13F6N. The van der Waals surface area contributed by atoms with E-state index in [9.17, 15) is 26.3 Å². The SMILES string of the molecule is CC(N1CCC(C(F)(F)F)CC1)C(F)(F)F. The molecule has 1 unspecified atom stereocenters. The van der Waals surface area contributed by atoms with Gasteiger partial charge in [-0.3, -0.25) is 4.90 Å². The Morgan fingerprint density at radius 2 is 1.44 bits per heavy atom. The van der Waals surface area contributed by atoms with Crippen LogP contribution in [0.4, 0.5) is 26.3 Å². The Hall–Kier alpha value is -0.460. The minimum Gasteiger partial charge on any atom is -0.292 e. The molecule has 96 valence electrons. The summed E-state index contributed by atoms with van der Waals surface area (Å²) >= 11 is 0. The Morgan fingerprint density at radius 1 is 1.00 bits per heavy atom. The molecule has 7 heteroatoms. The standard InChI is InChI=1S/C9H13F6N/c1-6(8(10,11)12)16-4-2-7(3-5-16)9(13,14)15/h6-7H,2-5H2,1H3. The van der Waals surface area contributed by atoms with Crippen molar-refractivity contribution in [1.29, 1.82) is 0 Å². The van der Waals surface area contributed by atoms with Crippen molar-refractivity contribution in [2.24, 2.45) is 5.92 Å². The molecule has 0 bridgehead atoms. The Bertz CT molecular complexity index is 225. The lowest BCUT2D eigenvalue weighted by molar-refractivity contribution is -0.203. The first kappa shape index (κ1) is 13.6. The van der Waals surface area contributed by atoms with Gasteiger partial charge in [0, 0.05) is 0 Å². The number of likely N-dealkylation sites (tertiary alicyclic amines) is 1. The van der Waals surface area contributed by atoms with E-state index in [1.54, 1.807) is 0 Å². The lowest BCUT2D eigenvalue weighted by atomic mass is 9.95. The normalized spacial score (nSPS) is 23.4. The van der Waals surface area contributed by atoms with Gasteiger partial charge in [-0.2, -0.15) is 26.3 Å². The number of hydrogen-bond acceptors (Lipinski definition) is 1. The van der Waals surface area contributed by atoms with Crippen LogP contribution in [0.5, 0.6) is 0 Å². The third-order valence-electron chi connectivity index (χ3n) is 3.01. The van der Waals surface area contributed by atoms with Crippen molar-refractivity contribution >= 4 is 0 Å². The molecule has 0 N–H and O–H groups in total. The minimum absolute atomic E-state index is 0.148. The predicted molar refractivity (Wildman–Crippen MR) is 45.9 cm³/mol. The van der Waals surface area contributed by atoms with Crippen LogP contribution in [0, 0.1) is 5.92 Å². The van der Waals surface area contributed by atoms with Gasteiger partial charge in [-0.15, -0.1) is 0 Å². The van der Waals surface area contributed by atoms with Gasteiger partial charge < -0.3 is 0 Å². The maximum absolute atomic E-state index is 12.3. The van der Waals surface area contributed by atoms with Crippen molar-refractivity contribution in [1.82, 2.24) is 4.90 Å². The van der Waals surface area contributed by atoms with Gasteiger partial charge in [0.05, 0.1) is 5.92 Å². The van der Waals surface area contributed by atoms with E-state index in [4.69, 9.17) is 0 Å². The highest BCUT2D eigenvalue weighted by Gasteiger charge is 2.45. The second kappa shape index (κ2) is 4.43. The molecule has 1 fully saturated rings. The van der Waals surface area contributed by atoms with Crippen molar-refractivity contribution < 1.29 is 26.3 Å². The van der Waals surface area contributed by atoms with E-state index in [-0.39, 0.29) is 25.9 Å². The van der Waals surface area contributed by atoms with Gasteiger partial charge in [0.25, 0.3) is 0 Å². The second-order valence-electron chi connectivity index (χ2n) is 4.07. The van der Waals surface area contributed by atoms with Gasteiger partial charge in [0.1, 0.15) is 6.04 Å². The molecule has 1 atom stereocenters. The van der Waals surface area contributed by atoms with E-state index in [1.807, 2.05) is 0 Å². The van der Waals surface area contributed by atoms with Crippen LogP contribution in [0.2, 0.25) is 0 Å². The molecule has 1 aliphatic heterocycles. The zero-order chi connectivity index (χ0) is 12.6.